The van der Waals surface area contributed by atoms with Crippen molar-refractivity contribution in [2.45, 2.75) is 50.6 Å². The summed E-state index contributed by atoms with van der Waals surface area (Å²) in [4.78, 5) is 12.0. The Labute approximate surface area is 142 Å². The summed E-state index contributed by atoms with van der Waals surface area (Å²) in [6.45, 7) is 5.38. The van der Waals surface area contributed by atoms with Crippen LogP contribution in [0, 0.1) is 0 Å². The summed E-state index contributed by atoms with van der Waals surface area (Å²) >= 11 is 5.86. The molecule has 0 saturated heterocycles. The zero-order valence-corrected chi connectivity index (χ0v) is 15.3. The molecule has 130 valence electrons. The van der Waals surface area contributed by atoms with E-state index in [0.717, 1.165) is 12.8 Å². The molecule has 0 spiro atoms. The highest BCUT2D eigenvalue weighted by Crippen LogP contribution is 2.27. The predicted molar refractivity (Wildman–Crippen MR) is 90.3 cm³/mol. The summed E-state index contributed by atoms with van der Waals surface area (Å²) in [6.07, 6.45) is 1.76. The van der Waals surface area contributed by atoms with Crippen molar-refractivity contribution in [3.05, 3.63) is 23.2 Å². The highest BCUT2D eigenvalue weighted by molar-refractivity contribution is 7.89. The molecule has 2 N–H and O–H groups in total. The molecule has 6 nitrogen and oxygen atoms in total. The van der Waals surface area contributed by atoms with Crippen molar-refractivity contribution in [1.29, 1.82) is 0 Å². The topological polar surface area (TPSA) is 84.5 Å². The molecule has 0 saturated carbocycles. The van der Waals surface area contributed by atoms with Gasteiger partial charge in [-0.05, 0) is 38.5 Å². The van der Waals surface area contributed by atoms with E-state index in [2.05, 4.69) is 10.0 Å². The minimum atomic E-state index is -3.94. The highest BCUT2D eigenvalue weighted by Gasteiger charge is 2.25. The lowest BCUT2D eigenvalue weighted by Gasteiger charge is -2.19. The van der Waals surface area contributed by atoms with E-state index in [1.165, 1.54) is 32.2 Å². The van der Waals surface area contributed by atoms with Gasteiger partial charge in [-0.2, -0.15) is 4.72 Å². The number of methoxy groups -OCH3 is 1. The van der Waals surface area contributed by atoms with Crippen molar-refractivity contribution < 1.29 is 17.9 Å². The molecule has 1 amide bonds. The maximum absolute atomic E-state index is 12.5. The van der Waals surface area contributed by atoms with Crippen LogP contribution in [0.2, 0.25) is 5.02 Å². The lowest BCUT2D eigenvalue weighted by molar-refractivity contribution is -0.123. The first-order chi connectivity index (χ1) is 10.7. The van der Waals surface area contributed by atoms with Crippen LogP contribution in [-0.2, 0) is 14.8 Å². The van der Waals surface area contributed by atoms with Crippen LogP contribution < -0.4 is 14.8 Å². The molecule has 0 heterocycles. The Morgan fingerprint density at radius 3 is 2.57 bits per heavy atom. The Morgan fingerprint density at radius 1 is 1.35 bits per heavy atom. The van der Waals surface area contributed by atoms with E-state index in [9.17, 15) is 13.2 Å². The van der Waals surface area contributed by atoms with Crippen LogP contribution in [0.3, 0.4) is 0 Å². The number of nitrogens with one attached hydrogen (secondary N) is 2. The van der Waals surface area contributed by atoms with Crippen LogP contribution in [-0.4, -0.2) is 33.5 Å². The first-order valence-electron chi connectivity index (χ1n) is 7.37. The third kappa shape index (κ3) is 5.67. The van der Waals surface area contributed by atoms with E-state index in [-0.39, 0.29) is 27.6 Å². The molecule has 1 aromatic carbocycles. The maximum Gasteiger partial charge on any atom is 0.245 e. The minimum Gasteiger partial charge on any atom is -0.495 e. The van der Waals surface area contributed by atoms with E-state index in [1.807, 2.05) is 13.8 Å². The zero-order chi connectivity index (χ0) is 17.6. The highest BCUT2D eigenvalue weighted by atomic mass is 35.5. The number of benzene rings is 1. The first kappa shape index (κ1) is 19.7. The molecule has 0 aliphatic rings. The molecule has 1 aromatic rings. The molecular weight excluding hydrogens is 340 g/mol. The Morgan fingerprint density at radius 2 is 2.00 bits per heavy atom. The Bertz CT molecular complexity index is 649. The third-order valence-electron chi connectivity index (χ3n) is 3.25. The van der Waals surface area contributed by atoms with Crippen LogP contribution in [0.1, 0.15) is 33.6 Å². The summed E-state index contributed by atoms with van der Waals surface area (Å²) in [6, 6.07) is 3.35. The lowest BCUT2D eigenvalue weighted by Crippen LogP contribution is -2.47. The molecule has 1 rings (SSSR count). The van der Waals surface area contributed by atoms with Crippen molar-refractivity contribution in [3.8, 4) is 5.75 Å². The van der Waals surface area contributed by atoms with Gasteiger partial charge >= 0.3 is 0 Å². The fraction of sp³-hybridized carbons (Fsp3) is 0.533. The summed E-state index contributed by atoms with van der Waals surface area (Å²) in [5.74, 6) is -0.218. The quantitative estimate of drug-likeness (QED) is 0.743. The van der Waals surface area contributed by atoms with Crippen molar-refractivity contribution in [3.63, 3.8) is 0 Å². The number of sulfonamides is 1. The van der Waals surface area contributed by atoms with Crippen LogP contribution in [0.15, 0.2) is 23.1 Å². The van der Waals surface area contributed by atoms with Gasteiger partial charge in [0.05, 0.1) is 13.2 Å². The fourth-order valence-electron chi connectivity index (χ4n) is 2.08. The average molecular weight is 363 g/mol. The first-order valence-corrected chi connectivity index (χ1v) is 9.23. The molecule has 0 aliphatic heterocycles. The Kier molecular flexibility index (Phi) is 7.31. The van der Waals surface area contributed by atoms with Crippen molar-refractivity contribution in [1.82, 2.24) is 10.0 Å². The Balaban J connectivity index is 2.90. The number of hydrogen-bond donors (Lipinski definition) is 2. The maximum atomic E-state index is 12.5. The monoisotopic (exact) mass is 362 g/mol. The summed E-state index contributed by atoms with van der Waals surface area (Å²) in [5, 5.41) is 3.04. The van der Waals surface area contributed by atoms with Gasteiger partial charge in [0, 0.05) is 11.1 Å². The van der Waals surface area contributed by atoms with Crippen LogP contribution in [0.25, 0.3) is 0 Å². The van der Waals surface area contributed by atoms with E-state index < -0.39 is 16.1 Å². The van der Waals surface area contributed by atoms with E-state index in [1.54, 1.807) is 0 Å². The van der Waals surface area contributed by atoms with Crippen molar-refractivity contribution in [2.75, 3.05) is 7.11 Å². The van der Waals surface area contributed by atoms with Crippen molar-refractivity contribution in [2.24, 2.45) is 0 Å². The normalized spacial score (nSPS) is 14.1. The van der Waals surface area contributed by atoms with E-state index in [4.69, 9.17) is 16.3 Å². The van der Waals surface area contributed by atoms with Gasteiger partial charge in [0.15, 0.2) is 0 Å². The fourth-order valence-corrected chi connectivity index (χ4v) is 3.72. The Hall–Kier alpha value is -1.31. The van der Waals surface area contributed by atoms with Gasteiger partial charge in [0.25, 0.3) is 0 Å². The number of halogens is 1. The number of ether oxygens (including phenoxy) is 1. The largest absolute Gasteiger partial charge is 0.495 e. The van der Waals surface area contributed by atoms with Gasteiger partial charge in [-0.25, -0.2) is 8.42 Å². The van der Waals surface area contributed by atoms with Gasteiger partial charge in [-0.1, -0.05) is 24.9 Å². The van der Waals surface area contributed by atoms with Crippen LogP contribution in [0.5, 0.6) is 5.75 Å². The standard InChI is InChI=1S/C15H23ClN2O4S/c1-5-6-10(2)17-15(19)11(3)18-23(20,21)14-9-12(16)7-8-13(14)22-4/h7-11,18H,5-6H2,1-4H3,(H,17,19)/t10-,11-/m0/s1. The number of hydrogen-bond acceptors (Lipinski definition) is 4. The van der Waals surface area contributed by atoms with Gasteiger partial charge in [0.1, 0.15) is 10.6 Å². The predicted octanol–water partition coefficient (Wildman–Crippen LogP) is 2.32. The molecular formula is C15H23ClN2O4S. The van der Waals surface area contributed by atoms with Gasteiger partial charge in [-0.15, -0.1) is 0 Å². The molecule has 0 aliphatic carbocycles. The molecule has 0 unspecified atom stereocenters. The number of carbonyl (C=O) groups excluding carboxylic acids is 1. The van der Waals surface area contributed by atoms with E-state index in [0.29, 0.717) is 0 Å². The molecule has 23 heavy (non-hydrogen) atoms. The summed E-state index contributed by atoms with van der Waals surface area (Å²) in [7, 11) is -2.57. The smallest absolute Gasteiger partial charge is 0.245 e. The van der Waals surface area contributed by atoms with E-state index >= 15 is 0 Å². The zero-order valence-electron chi connectivity index (χ0n) is 13.7. The lowest BCUT2D eigenvalue weighted by atomic mass is 10.2. The van der Waals surface area contributed by atoms with Gasteiger partial charge in [-0.3, -0.25) is 4.79 Å². The average Bonchev–Trinajstić information content (AvgIpc) is 2.46. The molecule has 0 aromatic heterocycles. The molecule has 0 radical (unpaired) electrons. The second-order valence-corrected chi connectivity index (χ2v) is 7.46. The number of amides is 1. The van der Waals surface area contributed by atoms with Gasteiger partial charge < -0.3 is 10.1 Å². The van der Waals surface area contributed by atoms with Crippen LogP contribution in [0.4, 0.5) is 0 Å². The second-order valence-electron chi connectivity index (χ2n) is 5.34. The number of carbonyl (C=O) groups is 1. The third-order valence-corrected chi connectivity index (χ3v) is 5.05. The molecule has 0 bridgehead atoms. The second kappa shape index (κ2) is 8.52. The molecule has 8 heteroatoms. The summed E-state index contributed by atoms with van der Waals surface area (Å²) < 4.78 is 32.3. The van der Waals surface area contributed by atoms with Crippen molar-refractivity contribution >= 4 is 27.5 Å². The minimum absolute atomic E-state index is 0.0137. The van der Waals surface area contributed by atoms with Crippen LogP contribution >= 0.6 is 11.6 Å². The molecule has 0 fully saturated rings. The molecule has 2 atom stereocenters. The summed E-state index contributed by atoms with van der Waals surface area (Å²) in [5.41, 5.74) is 0. The number of rotatable bonds is 8. The van der Waals surface area contributed by atoms with Gasteiger partial charge in [0.2, 0.25) is 15.9 Å². The SMILES string of the molecule is CCC[C@H](C)NC(=O)[C@H](C)NS(=O)(=O)c1cc(Cl)ccc1OC.